The van der Waals surface area contributed by atoms with Crippen LogP contribution >= 0.6 is 0 Å². The van der Waals surface area contributed by atoms with E-state index in [0.717, 1.165) is 23.4 Å². The van der Waals surface area contributed by atoms with Crippen LogP contribution in [0.3, 0.4) is 0 Å². The molecular weight excluding hydrogens is 350 g/mol. The van der Waals surface area contributed by atoms with Crippen LogP contribution in [0.2, 0.25) is 0 Å². The molecule has 5 nitrogen and oxygen atoms in total. The summed E-state index contributed by atoms with van der Waals surface area (Å²) in [6, 6.07) is 7.27. The molecular formula is C17H16F2N2O3S. The molecule has 1 aliphatic heterocycles. The molecule has 25 heavy (non-hydrogen) atoms. The first kappa shape index (κ1) is 17.3. The summed E-state index contributed by atoms with van der Waals surface area (Å²) in [7, 11) is -4.05. The van der Waals surface area contributed by atoms with E-state index in [0.29, 0.717) is 31.1 Å². The second kappa shape index (κ2) is 6.44. The largest absolute Gasteiger partial charge is 0.312 e. The highest BCUT2D eigenvalue weighted by molar-refractivity contribution is 7.92. The van der Waals surface area contributed by atoms with Crippen LogP contribution < -0.4 is 9.62 Å². The van der Waals surface area contributed by atoms with E-state index in [-0.39, 0.29) is 10.8 Å². The van der Waals surface area contributed by atoms with Gasteiger partial charge in [-0.05, 0) is 55.3 Å². The van der Waals surface area contributed by atoms with Crippen LogP contribution in [-0.4, -0.2) is 20.9 Å². The van der Waals surface area contributed by atoms with Gasteiger partial charge in [-0.3, -0.25) is 9.52 Å². The van der Waals surface area contributed by atoms with Crippen LogP contribution in [0.25, 0.3) is 0 Å². The fourth-order valence-electron chi connectivity index (χ4n) is 2.83. The summed E-state index contributed by atoms with van der Waals surface area (Å²) < 4.78 is 53.3. The van der Waals surface area contributed by atoms with Crippen molar-refractivity contribution in [1.29, 1.82) is 0 Å². The zero-order valence-electron chi connectivity index (χ0n) is 13.4. The highest BCUT2D eigenvalue weighted by Gasteiger charge is 2.24. The van der Waals surface area contributed by atoms with Gasteiger partial charge in [0.1, 0.15) is 0 Å². The van der Waals surface area contributed by atoms with E-state index < -0.39 is 21.7 Å². The average molecular weight is 366 g/mol. The normalized spacial score (nSPS) is 14.4. The van der Waals surface area contributed by atoms with Crippen molar-refractivity contribution < 1.29 is 22.0 Å². The molecule has 1 N–H and O–H groups in total. The molecule has 132 valence electrons. The Hall–Kier alpha value is -2.48. The molecule has 2 aromatic carbocycles. The molecule has 0 spiro atoms. The molecule has 1 amide bonds. The Morgan fingerprint density at radius 1 is 1.08 bits per heavy atom. The number of benzene rings is 2. The number of aryl methyl sites for hydroxylation is 1. The van der Waals surface area contributed by atoms with Gasteiger partial charge >= 0.3 is 0 Å². The van der Waals surface area contributed by atoms with Crippen molar-refractivity contribution in [3.05, 3.63) is 53.6 Å². The highest BCUT2D eigenvalue weighted by atomic mass is 32.2. The molecule has 0 unspecified atom stereocenters. The van der Waals surface area contributed by atoms with Gasteiger partial charge in [-0.1, -0.05) is 0 Å². The standard InChI is InChI=1S/C17H16F2N2O3S/c1-2-21-16-7-4-12(9-11(16)3-8-17(21)22)20-25(23,24)13-5-6-14(18)15(19)10-13/h4-7,9-10,20H,2-3,8H2,1H3. The molecule has 0 saturated carbocycles. The van der Waals surface area contributed by atoms with Crippen molar-refractivity contribution in [2.45, 2.75) is 24.7 Å². The first-order valence-electron chi connectivity index (χ1n) is 7.73. The van der Waals surface area contributed by atoms with E-state index in [2.05, 4.69) is 4.72 Å². The number of carbonyl (C=O) groups is 1. The van der Waals surface area contributed by atoms with Crippen molar-refractivity contribution in [3.8, 4) is 0 Å². The van der Waals surface area contributed by atoms with Crippen molar-refractivity contribution in [1.82, 2.24) is 0 Å². The van der Waals surface area contributed by atoms with Gasteiger partial charge in [-0.2, -0.15) is 0 Å². The Kier molecular flexibility index (Phi) is 4.47. The maximum Gasteiger partial charge on any atom is 0.261 e. The number of anilines is 2. The summed E-state index contributed by atoms with van der Waals surface area (Å²) in [6.07, 6.45) is 0.881. The summed E-state index contributed by atoms with van der Waals surface area (Å²) >= 11 is 0. The lowest BCUT2D eigenvalue weighted by molar-refractivity contribution is -0.118. The van der Waals surface area contributed by atoms with Gasteiger partial charge in [0.15, 0.2) is 11.6 Å². The summed E-state index contributed by atoms with van der Waals surface area (Å²) in [4.78, 5) is 13.2. The first-order valence-corrected chi connectivity index (χ1v) is 9.21. The maximum absolute atomic E-state index is 13.3. The number of rotatable bonds is 4. The monoisotopic (exact) mass is 366 g/mol. The zero-order valence-corrected chi connectivity index (χ0v) is 14.2. The second-order valence-electron chi connectivity index (χ2n) is 5.66. The number of sulfonamides is 1. The molecule has 0 aliphatic carbocycles. The van der Waals surface area contributed by atoms with Gasteiger partial charge in [0.25, 0.3) is 10.0 Å². The van der Waals surface area contributed by atoms with Crippen molar-refractivity contribution in [2.24, 2.45) is 0 Å². The first-order chi connectivity index (χ1) is 11.8. The van der Waals surface area contributed by atoms with Gasteiger partial charge in [-0.15, -0.1) is 0 Å². The van der Waals surface area contributed by atoms with E-state index in [1.807, 2.05) is 6.92 Å². The van der Waals surface area contributed by atoms with Gasteiger partial charge in [0.05, 0.1) is 4.90 Å². The van der Waals surface area contributed by atoms with E-state index >= 15 is 0 Å². The number of nitrogens with zero attached hydrogens (tertiary/aromatic N) is 1. The van der Waals surface area contributed by atoms with Crippen LogP contribution in [-0.2, 0) is 21.2 Å². The predicted octanol–water partition coefficient (Wildman–Crippen LogP) is 3.06. The third-order valence-corrected chi connectivity index (χ3v) is 5.43. The van der Waals surface area contributed by atoms with Gasteiger partial charge < -0.3 is 4.90 Å². The third kappa shape index (κ3) is 3.34. The molecule has 0 atom stereocenters. The second-order valence-corrected chi connectivity index (χ2v) is 7.35. The van der Waals surface area contributed by atoms with Crippen molar-refractivity contribution in [2.75, 3.05) is 16.2 Å². The minimum absolute atomic E-state index is 0.0325. The molecule has 0 aromatic heterocycles. The molecule has 2 aromatic rings. The highest BCUT2D eigenvalue weighted by Crippen LogP contribution is 2.31. The molecule has 1 aliphatic rings. The Morgan fingerprint density at radius 2 is 1.84 bits per heavy atom. The average Bonchev–Trinajstić information content (AvgIpc) is 2.57. The van der Waals surface area contributed by atoms with Crippen LogP contribution in [0.4, 0.5) is 20.2 Å². The topological polar surface area (TPSA) is 66.5 Å². The SMILES string of the molecule is CCN1C(=O)CCc2cc(NS(=O)(=O)c3ccc(F)c(F)c3)ccc21. The Morgan fingerprint density at radius 3 is 2.52 bits per heavy atom. The van der Waals surface area contributed by atoms with Gasteiger partial charge in [0, 0.05) is 24.3 Å². The lowest BCUT2D eigenvalue weighted by Crippen LogP contribution is -2.34. The fourth-order valence-corrected chi connectivity index (χ4v) is 3.89. The minimum Gasteiger partial charge on any atom is -0.312 e. The molecule has 0 bridgehead atoms. The summed E-state index contributed by atoms with van der Waals surface area (Å²) in [5.74, 6) is -2.31. The van der Waals surface area contributed by atoms with Gasteiger partial charge in [-0.25, -0.2) is 17.2 Å². The number of halogens is 2. The van der Waals surface area contributed by atoms with Crippen LogP contribution in [0.5, 0.6) is 0 Å². The van der Waals surface area contributed by atoms with E-state index in [4.69, 9.17) is 0 Å². The number of carbonyl (C=O) groups excluding carboxylic acids is 1. The zero-order chi connectivity index (χ0) is 18.2. The molecule has 0 fully saturated rings. The lowest BCUT2D eigenvalue weighted by atomic mass is 10.0. The minimum atomic E-state index is -4.05. The summed E-state index contributed by atoms with van der Waals surface area (Å²) in [6.45, 7) is 2.40. The smallest absolute Gasteiger partial charge is 0.261 e. The summed E-state index contributed by atoms with van der Waals surface area (Å²) in [5, 5.41) is 0. The van der Waals surface area contributed by atoms with Crippen molar-refractivity contribution >= 4 is 27.3 Å². The quantitative estimate of drug-likeness (QED) is 0.904. The third-order valence-electron chi connectivity index (χ3n) is 4.05. The number of fused-ring (bicyclic) bond motifs is 1. The maximum atomic E-state index is 13.3. The predicted molar refractivity (Wildman–Crippen MR) is 90.0 cm³/mol. The Labute approximate surface area is 144 Å². The van der Waals surface area contributed by atoms with Crippen LogP contribution in [0.1, 0.15) is 18.9 Å². The number of nitrogens with one attached hydrogen (secondary N) is 1. The molecule has 8 heteroatoms. The number of hydrogen-bond acceptors (Lipinski definition) is 3. The number of hydrogen-bond donors (Lipinski definition) is 1. The van der Waals surface area contributed by atoms with E-state index in [1.54, 1.807) is 17.0 Å². The Bertz CT molecular complexity index is 945. The van der Waals surface area contributed by atoms with Gasteiger partial charge in [0.2, 0.25) is 5.91 Å². The Balaban J connectivity index is 1.90. The van der Waals surface area contributed by atoms with Crippen molar-refractivity contribution in [3.63, 3.8) is 0 Å². The van der Waals surface area contributed by atoms with E-state index in [1.165, 1.54) is 6.07 Å². The number of amides is 1. The molecule has 1 heterocycles. The molecule has 0 radical (unpaired) electrons. The molecule has 0 saturated heterocycles. The summed E-state index contributed by atoms with van der Waals surface area (Å²) in [5.41, 5.74) is 1.91. The lowest BCUT2D eigenvalue weighted by Gasteiger charge is -2.28. The molecule has 3 rings (SSSR count). The van der Waals surface area contributed by atoms with E-state index in [9.17, 15) is 22.0 Å². The fraction of sp³-hybridized carbons (Fsp3) is 0.235. The van der Waals surface area contributed by atoms with Crippen LogP contribution in [0, 0.1) is 11.6 Å². The van der Waals surface area contributed by atoms with Crippen LogP contribution in [0.15, 0.2) is 41.3 Å².